The predicted molar refractivity (Wildman–Crippen MR) is 92.7 cm³/mol. The van der Waals surface area contributed by atoms with Gasteiger partial charge in [0.2, 0.25) is 0 Å². The van der Waals surface area contributed by atoms with E-state index in [4.69, 9.17) is 4.74 Å². The summed E-state index contributed by atoms with van der Waals surface area (Å²) in [5, 5.41) is 13.3. The highest BCUT2D eigenvalue weighted by Gasteiger charge is 2.20. The van der Waals surface area contributed by atoms with Crippen LogP contribution < -0.4 is 5.32 Å². The lowest BCUT2D eigenvalue weighted by molar-refractivity contribution is -0.383. The average Bonchev–Trinajstić information content (AvgIpc) is 2.60. The van der Waals surface area contributed by atoms with Gasteiger partial charge in [-0.3, -0.25) is 14.9 Å². The lowest BCUT2D eigenvalue weighted by atomic mass is 10.2. The number of hydrogen-bond donors (Lipinski definition) is 1. The van der Waals surface area contributed by atoms with E-state index >= 15 is 0 Å². The first-order valence-corrected chi connectivity index (χ1v) is 7.55. The van der Waals surface area contributed by atoms with Crippen molar-refractivity contribution in [3.63, 3.8) is 0 Å². The number of carbonyl (C=O) groups is 2. The van der Waals surface area contributed by atoms with Gasteiger partial charge in [-0.15, -0.1) is 0 Å². The highest BCUT2D eigenvalue weighted by molar-refractivity contribution is 5.98. The summed E-state index contributed by atoms with van der Waals surface area (Å²) in [4.78, 5) is 34.1. The summed E-state index contributed by atoms with van der Waals surface area (Å²) in [5.74, 6) is -1.97. The first kappa shape index (κ1) is 18.8. The molecule has 8 heteroatoms. The molecule has 0 aromatic heterocycles. The van der Waals surface area contributed by atoms with Gasteiger partial charge in [0.25, 0.3) is 11.6 Å². The molecule has 0 aliphatic rings. The molecule has 0 radical (unpaired) electrons. The van der Waals surface area contributed by atoms with Gasteiger partial charge in [0.15, 0.2) is 6.10 Å². The van der Waals surface area contributed by atoms with E-state index in [2.05, 4.69) is 5.32 Å². The third-order valence-electron chi connectivity index (χ3n) is 3.28. The maximum Gasteiger partial charge on any atom is 0.331 e. The van der Waals surface area contributed by atoms with Crippen LogP contribution >= 0.6 is 0 Å². The zero-order valence-corrected chi connectivity index (χ0v) is 13.7. The van der Waals surface area contributed by atoms with E-state index in [0.717, 1.165) is 6.08 Å². The largest absolute Gasteiger partial charge is 0.449 e. The molecule has 134 valence electrons. The number of anilines is 1. The molecule has 2 rings (SSSR count). The zero-order chi connectivity index (χ0) is 19.1. The summed E-state index contributed by atoms with van der Waals surface area (Å²) >= 11 is 0. The molecule has 0 saturated carbocycles. The van der Waals surface area contributed by atoms with Crippen LogP contribution in [-0.4, -0.2) is 22.9 Å². The van der Waals surface area contributed by atoms with E-state index in [1.165, 1.54) is 55.5 Å². The van der Waals surface area contributed by atoms with Crippen LogP contribution in [0.3, 0.4) is 0 Å². The van der Waals surface area contributed by atoms with Crippen LogP contribution in [0, 0.1) is 15.9 Å². The Labute approximate surface area is 148 Å². The number of halogens is 1. The topological polar surface area (TPSA) is 98.5 Å². The van der Waals surface area contributed by atoms with E-state index < -0.39 is 28.7 Å². The molecule has 1 N–H and O–H groups in total. The van der Waals surface area contributed by atoms with Gasteiger partial charge >= 0.3 is 5.97 Å². The Balaban J connectivity index is 1.96. The number of nitrogens with one attached hydrogen (secondary N) is 1. The summed E-state index contributed by atoms with van der Waals surface area (Å²) in [6, 6.07) is 11.2. The average molecular weight is 358 g/mol. The Hall–Kier alpha value is -3.55. The minimum Gasteiger partial charge on any atom is -0.449 e. The lowest BCUT2D eigenvalue weighted by Crippen LogP contribution is -2.29. The number of carbonyl (C=O) groups excluding carboxylic acids is 2. The van der Waals surface area contributed by atoms with Crippen LogP contribution in [0.2, 0.25) is 0 Å². The molecule has 0 fully saturated rings. The molecule has 0 heterocycles. The van der Waals surface area contributed by atoms with Gasteiger partial charge in [-0.05, 0) is 36.8 Å². The molecule has 0 saturated heterocycles. The van der Waals surface area contributed by atoms with Crippen molar-refractivity contribution in [3.8, 4) is 0 Å². The Kier molecular flexibility index (Phi) is 6.15. The fourth-order valence-electron chi connectivity index (χ4n) is 2.01. The number of nitrogens with zero attached hydrogens (tertiary/aromatic N) is 1. The van der Waals surface area contributed by atoms with Crippen LogP contribution in [0.15, 0.2) is 54.6 Å². The molecule has 0 aliphatic carbocycles. The number of benzene rings is 2. The first-order chi connectivity index (χ1) is 12.4. The van der Waals surface area contributed by atoms with E-state index in [0.29, 0.717) is 5.56 Å². The third kappa shape index (κ3) is 5.23. The van der Waals surface area contributed by atoms with Crippen molar-refractivity contribution in [1.29, 1.82) is 0 Å². The second kappa shape index (κ2) is 8.52. The van der Waals surface area contributed by atoms with E-state index in [1.54, 1.807) is 6.07 Å². The summed E-state index contributed by atoms with van der Waals surface area (Å²) in [5.41, 5.74) is 0.185. The number of hydrogen-bond acceptors (Lipinski definition) is 5. The number of nitro benzene ring substituents is 1. The van der Waals surface area contributed by atoms with Crippen molar-refractivity contribution < 1.29 is 23.6 Å². The van der Waals surface area contributed by atoms with Gasteiger partial charge in [0.1, 0.15) is 11.5 Å². The van der Waals surface area contributed by atoms with Gasteiger partial charge in [-0.25, -0.2) is 9.18 Å². The van der Waals surface area contributed by atoms with Crippen molar-refractivity contribution in [3.05, 3.63) is 76.1 Å². The number of para-hydroxylation sites is 2. The highest BCUT2D eigenvalue weighted by Crippen LogP contribution is 2.23. The number of nitro groups is 1. The van der Waals surface area contributed by atoms with Crippen LogP contribution in [0.4, 0.5) is 15.8 Å². The van der Waals surface area contributed by atoms with Crippen molar-refractivity contribution in [1.82, 2.24) is 0 Å². The second-order valence-electron chi connectivity index (χ2n) is 5.23. The SMILES string of the molecule is C[C@H](OC(=O)/C=C/c1cccc(F)c1)C(=O)Nc1ccccc1[N+](=O)[O-]. The number of amides is 1. The third-order valence-corrected chi connectivity index (χ3v) is 3.28. The maximum atomic E-state index is 13.1. The van der Waals surface area contributed by atoms with Crippen molar-refractivity contribution in [2.75, 3.05) is 5.32 Å². The minimum atomic E-state index is -1.18. The molecule has 1 atom stereocenters. The van der Waals surface area contributed by atoms with Gasteiger partial charge < -0.3 is 10.1 Å². The molecule has 7 nitrogen and oxygen atoms in total. The second-order valence-corrected chi connectivity index (χ2v) is 5.23. The standard InChI is InChI=1S/C18H15FN2O5/c1-12(18(23)20-15-7-2-3-8-16(15)21(24)25)26-17(22)10-9-13-5-4-6-14(19)11-13/h2-12H,1H3,(H,20,23)/b10-9+/t12-/m0/s1. The van der Waals surface area contributed by atoms with Crippen molar-refractivity contribution in [2.24, 2.45) is 0 Å². The molecule has 2 aromatic rings. The quantitative estimate of drug-likeness (QED) is 0.370. The fraction of sp³-hybridized carbons (Fsp3) is 0.111. The van der Waals surface area contributed by atoms with Gasteiger partial charge in [0, 0.05) is 12.1 Å². The van der Waals surface area contributed by atoms with Crippen molar-refractivity contribution in [2.45, 2.75) is 13.0 Å². The van der Waals surface area contributed by atoms with Gasteiger partial charge in [-0.2, -0.15) is 0 Å². The summed E-state index contributed by atoms with van der Waals surface area (Å²) < 4.78 is 18.0. The van der Waals surface area contributed by atoms with Crippen LogP contribution in [0.25, 0.3) is 6.08 Å². The van der Waals surface area contributed by atoms with Crippen LogP contribution in [0.5, 0.6) is 0 Å². The van der Waals surface area contributed by atoms with E-state index in [9.17, 15) is 24.1 Å². The van der Waals surface area contributed by atoms with Gasteiger partial charge in [0.05, 0.1) is 4.92 Å². The molecule has 26 heavy (non-hydrogen) atoms. The van der Waals surface area contributed by atoms with E-state index in [-0.39, 0.29) is 11.4 Å². The molecule has 0 bridgehead atoms. The van der Waals surface area contributed by atoms with E-state index in [1.807, 2.05) is 0 Å². The predicted octanol–water partition coefficient (Wildman–Crippen LogP) is 3.32. The summed E-state index contributed by atoms with van der Waals surface area (Å²) in [6.07, 6.45) is 1.22. The van der Waals surface area contributed by atoms with Crippen LogP contribution in [-0.2, 0) is 14.3 Å². The first-order valence-electron chi connectivity index (χ1n) is 7.55. The fourth-order valence-corrected chi connectivity index (χ4v) is 2.01. The maximum absolute atomic E-state index is 13.1. The Morgan fingerprint density at radius 1 is 1.23 bits per heavy atom. The summed E-state index contributed by atoms with van der Waals surface area (Å²) in [7, 11) is 0. The number of rotatable bonds is 6. The molecular weight excluding hydrogens is 343 g/mol. The molecule has 0 unspecified atom stereocenters. The molecule has 1 amide bonds. The number of esters is 1. The Morgan fingerprint density at radius 3 is 2.65 bits per heavy atom. The molecular formula is C18H15FN2O5. The van der Waals surface area contributed by atoms with Gasteiger partial charge in [-0.1, -0.05) is 24.3 Å². The molecule has 2 aromatic carbocycles. The van der Waals surface area contributed by atoms with Crippen LogP contribution in [0.1, 0.15) is 12.5 Å². The zero-order valence-electron chi connectivity index (χ0n) is 13.7. The monoisotopic (exact) mass is 358 g/mol. The number of ether oxygens (including phenoxy) is 1. The smallest absolute Gasteiger partial charge is 0.331 e. The molecule has 0 aliphatic heterocycles. The Bertz CT molecular complexity index is 866. The van der Waals surface area contributed by atoms with Crippen molar-refractivity contribution >= 4 is 29.3 Å². The molecule has 0 spiro atoms. The highest BCUT2D eigenvalue weighted by atomic mass is 19.1. The Morgan fingerprint density at radius 2 is 1.96 bits per heavy atom. The minimum absolute atomic E-state index is 0.000650. The normalized spacial score (nSPS) is 11.8. The summed E-state index contributed by atoms with van der Waals surface area (Å²) in [6.45, 7) is 1.33. The lowest BCUT2D eigenvalue weighted by Gasteiger charge is -2.12.